The maximum Gasteiger partial charge on any atom is 0.269 e. The van der Waals surface area contributed by atoms with E-state index >= 15 is 0 Å². The van der Waals surface area contributed by atoms with E-state index in [1.165, 1.54) is 15.8 Å². The van der Waals surface area contributed by atoms with Gasteiger partial charge in [0.15, 0.2) is 5.69 Å². The summed E-state index contributed by atoms with van der Waals surface area (Å²) in [6.07, 6.45) is 0. The Kier molecular flexibility index (Phi) is 2.09. The lowest BCUT2D eigenvalue weighted by Crippen LogP contribution is -2.51. The molecule has 1 aromatic carbocycles. The van der Waals surface area contributed by atoms with E-state index in [0.717, 1.165) is 24.1 Å². The quantitative estimate of drug-likeness (QED) is 0.766. The minimum atomic E-state index is 0.716. The third-order valence-electron chi connectivity index (χ3n) is 3.13. The molecule has 15 heavy (non-hydrogen) atoms. The number of quaternary nitrogens is 1. The number of hydrogen-bond donors (Lipinski definition) is 1. The molecule has 0 amide bonds. The Morgan fingerprint density at radius 1 is 1.40 bits per heavy atom. The molecule has 0 spiro atoms. The van der Waals surface area contributed by atoms with Gasteiger partial charge in [0.2, 0.25) is 0 Å². The summed E-state index contributed by atoms with van der Waals surface area (Å²) in [6.45, 7) is 3.71. The minimum Gasteiger partial charge on any atom is -0.326 e. The van der Waals surface area contributed by atoms with Gasteiger partial charge in [-0.05, 0) is 17.8 Å². The third kappa shape index (κ3) is 1.19. The Bertz CT molecular complexity index is 430. The van der Waals surface area contributed by atoms with Crippen molar-refractivity contribution in [3.63, 3.8) is 0 Å². The number of nitrogens with zero attached hydrogens (tertiary/aromatic N) is 2. The van der Waals surface area contributed by atoms with Crippen LogP contribution in [0, 0.1) is 0 Å². The van der Waals surface area contributed by atoms with Crippen molar-refractivity contribution < 1.29 is 0 Å². The molecule has 3 rings (SSSR count). The first-order valence-electron chi connectivity index (χ1n) is 5.26. The van der Waals surface area contributed by atoms with Crippen LogP contribution in [-0.4, -0.2) is 31.3 Å². The van der Waals surface area contributed by atoms with Crippen molar-refractivity contribution in [3.05, 3.63) is 24.3 Å². The lowest BCUT2D eigenvalue weighted by molar-refractivity contribution is 0.459. The van der Waals surface area contributed by atoms with E-state index in [1.54, 1.807) is 0 Å². The number of thioether (sulfide) groups is 1. The van der Waals surface area contributed by atoms with Gasteiger partial charge >= 0.3 is 0 Å². The van der Waals surface area contributed by atoms with Gasteiger partial charge in [0.1, 0.15) is 13.1 Å². The second kappa shape index (κ2) is 3.33. The van der Waals surface area contributed by atoms with Crippen LogP contribution in [0.3, 0.4) is 0 Å². The second-order valence-corrected chi connectivity index (χ2v) is 4.95. The summed E-state index contributed by atoms with van der Waals surface area (Å²) in [5.74, 6) is 0. The first-order chi connectivity index (χ1) is 7.37. The molecule has 0 aromatic heterocycles. The predicted molar refractivity (Wildman–Crippen MR) is 65.2 cm³/mol. The predicted octanol–water partition coefficient (Wildman–Crippen LogP) is 1.43. The van der Waals surface area contributed by atoms with E-state index < -0.39 is 0 Å². The van der Waals surface area contributed by atoms with Crippen LogP contribution in [0.4, 0.5) is 5.69 Å². The van der Waals surface area contributed by atoms with Crippen LogP contribution < -0.4 is 10.2 Å². The molecule has 0 radical (unpaired) electrons. The lowest BCUT2D eigenvalue weighted by atomic mass is 10.2. The molecule has 1 aromatic rings. The van der Waals surface area contributed by atoms with Crippen LogP contribution in [0.25, 0.3) is 0 Å². The van der Waals surface area contributed by atoms with Gasteiger partial charge in [0.25, 0.3) is 5.17 Å². The van der Waals surface area contributed by atoms with Crippen LogP contribution in [0.15, 0.2) is 34.2 Å². The molecular weight excluding hydrogens is 206 g/mol. The zero-order chi connectivity index (χ0) is 10.3. The highest BCUT2D eigenvalue weighted by Crippen LogP contribution is 2.46. The van der Waals surface area contributed by atoms with Gasteiger partial charge in [-0.1, -0.05) is 12.1 Å². The molecule has 78 valence electrons. The number of nitrogens with two attached hydrogens (primary N) is 1. The molecule has 2 aliphatic rings. The van der Waals surface area contributed by atoms with Crippen molar-refractivity contribution in [1.29, 1.82) is 0 Å². The fraction of sp³-hybridized carbons (Fsp3) is 0.364. The Morgan fingerprint density at radius 3 is 3.13 bits per heavy atom. The largest absolute Gasteiger partial charge is 0.326 e. The average molecular weight is 220 g/mol. The summed E-state index contributed by atoms with van der Waals surface area (Å²) < 4.78 is 0.900. The van der Waals surface area contributed by atoms with Gasteiger partial charge in [-0.2, -0.15) is 0 Å². The molecule has 0 bridgehead atoms. The van der Waals surface area contributed by atoms with Crippen molar-refractivity contribution in [2.75, 3.05) is 26.2 Å². The Hall–Kier alpha value is -0.840. The molecule has 0 aliphatic carbocycles. The maximum absolute atomic E-state index is 5.74. The summed E-state index contributed by atoms with van der Waals surface area (Å²) in [5.41, 5.74) is 7.13. The summed E-state index contributed by atoms with van der Waals surface area (Å²) in [5, 5.41) is 1.24. The number of amidine groups is 1. The van der Waals surface area contributed by atoms with Gasteiger partial charge in [-0.25, -0.2) is 9.48 Å². The van der Waals surface area contributed by atoms with Crippen LogP contribution in [0.5, 0.6) is 0 Å². The smallest absolute Gasteiger partial charge is 0.269 e. The molecule has 0 fully saturated rings. The Balaban J connectivity index is 2.14. The maximum atomic E-state index is 5.74. The number of hydrogen-bond acceptors (Lipinski definition) is 3. The average Bonchev–Trinajstić information content (AvgIpc) is 2.74. The van der Waals surface area contributed by atoms with E-state index in [9.17, 15) is 0 Å². The molecule has 2 aliphatic heterocycles. The van der Waals surface area contributed by atoms with Gasteiger partial charge < -0.3 is 5.73 Å². The van der Waals surface area contributed by atoms with Crippen LogP contribution in [0.1, 0.15) is 0 Å². The first kappa shape index (κ1) is 9.39. The van der Waals surface area contributed by atoms with E-state index in [-0.39, 0.29) is 0 Å². The molecule has 2 heterocycles. The number of para-hydroxylation sites is 1. The summed E-state index contributed by atoms with van der Waals surface area (Å²) in [6, 6.07) is 8.59. The van der Waals surface area contributed by atoms with Crippen LogP contribution in [0.2, 0.25) is 0 Å². The fourth-order valence-electron chi connectivity index (χ4n) is 2.43. The standard InChI is InChI=1S/C11H14N3S/c12-5-7-14-8-6-13-11(14)15-10-4-2-1-3-9(10)14/h1-4H,5-8,12H2/q+1. The summed E-state index contributed by atoms with van der Waals surface area (Å²) in [7, 11) is 0. The van der Waals surface area contributed by atoms with Crippen molar-refractivity contribution >= 4 is 22.6 Å². The monoisotopic (exact) mass is 220 g/mol. The van der Waals surface area contributed by atoms with E-state index in [4.69, 9.17) is 5.73 Å². The minimum absolute atomic E-state index is 0.716. The van der Waals surface area contributed by atoms with Crippen LogP contribution in [-0.2, 0) is 0 Å². The number of fused-ring (bicyclic) bond motifs is 3. The van der Waals surface area contributed by atoms with Crippen molar-refractivity contribution in [2.45, 2.75) is 4.90 Å². The number of benzene rings is 1. The normalized spacial score (nSPS) is 27.4. The van der Waals surface area contributed by atoms with E-state index in [0.29, 0.717) is 6.54 Å². The van der Waals surface area contributed by atoms with Crippen molar-refractivity contribution in [3.8, 4) is 0 Å². The Labute approximate surface area is 93.6 Å². The van der Waals surface area contributed by atoms with Gasteiger partial charge in [0, 0.05) is 12.6 Å². The van der Waals surface area contributed by atoms with E-state index in [2.05, 4.69) is 29.3 Å². The molecule has 1 atom stereocenters. The molecule has 1 unspecified atom stereocenters. The highest BCUT2D eigenvalue weighted by Gasteiger charge is 2.47. The molecular formula is C11H14N3S+. The highest BCUT2D eigenvalue weighted by molar-refractivity contribution is 8.14. The van der Waals surface area contributed by atoms with Gasteiger partial charge in [-0.15, -0.1) is 0 Å². The molecule has 3 nitrogen and oxygen atoms in total. The van der Waals surface area contributed by atoms with Crippen molar-refractivity contribution in [1.82, 2.24) is 4.48 Å². The second-order valence-electron chi connectivity index (χ2n) is 3.94. The zero-order valence-corrected chi connectivity index (χ0v) is 9.33. The van der Waals surface area contributed by atoms with Crippen LogP contribution >= 0.6 is 11.8 Å². The summed E-state index contributed by atoms with van der Waals surface area (Å²) >= 11 is 1.81. The first-order valence-corrected chi connectivity index (χ1v) is 6.08. The van der Waals surface area contributed by atoms with E-state index in [1.807, 2.05) is 11.8 Å². The number of rotatable bonds is 2. The molecule has 0 saturated carbocycles. The lowest BCUT2D eigenvalue weighted by Gasteiger charge is -2.28. The van der Waals surface area contributed by atoms with Crippen molar-refractivity contribution in [2.24, 2.45) is 10.7 Å². The molecule has 2 N–H and O–H groups in total. The number of aliphatic imine (C=N–C) groups is 1. The SMILES string of the molecule is NCC[N+]12CCN=C1Sc1ccccc12. The van der Waals surface area contributed by atoms with Gasteiger partial charge in [-0.3, -0.25) is 0 Å². The summed E-state index contributed by atoms with van der Waals surface area (Å²) in [4.78, 5) is 5.95. The fourth-order valence-corrected chi connectivity index (χ4v) is 3.74. The highest BCUT2D eigenvalue weighted by atomic mass is 32.2. The topological polar surface area (TPSA) is 38.4 Å². The van der Waals surface area contributed by atoms with Gasteiger partial charge in [0.05, 0.1) is 11.4 Å². The Morgan fingerprint density at radius 2 is 2.27 bits per heavy atom. The molecule has 0 saturated heterocycles. The zero-order valence-electron chi connectivity index (χ0n) is 8.52. The molecule has 4 heteroatoms. The third-order valence-corrected chi connectivity index (χ3v) is 4.36.